The minimum absolute atomic E-state index is 0.1000. The number of alkyl halides is 3. The van der Waals surface area contributed by atoms with Gasteiger partial charge in [-0.25, -0.2) is 0 Å². The van der Waals surface area contributed by atoms with Crippen LogP contribution in [0.1, 0.15) is 18.0 Å². The molecule has 4 nitrogen and oxygen atoms in total. The van der Waals surface area contributed by atoms with Gasteiger partial charge in [-0.2, -0.15) is 5.26 Å². The second-order valence-corrected chi connectivity index (χ2v) is 4.78. The van der Waals surface area contributed by atoms with Gasteiger partial charge in [0.2, 0.25) is 0 Å². The Morgan fingerprint density at radius 1 is 1.24 bits per heavy atom. The summed E-state index contributed by atoms with van der Waals surface area (Å²) in [5, 5.41) is 12.2. The Balaban J connectivity index is 2.11. The highest BCUT2D eigenvalue weighted by molar-refractivity contribution is 5.30. The molecule has 0 bridgehead atoms. The van der Waals surface area contributed by atoms with Gasteiger partial charge >= 0.3 is 6.36 Å². The van der Waals surface area contributed by atoms with Crippen molar-refractivity contribution in [3.8, 4) is 11.8 Å². The third-order valence-corrected chi connectivity index (χ3v) is 3.38. The maximum absolute atomic E-state index is 12.1. The molecule has 0 radical (unpaired) electrons. The molecule has 0 spiro atoms. The van der Waals surface area contributed by atoms with Crippen molar-refractivity contribution in [2.45, 2.75) is 18.8 Å². The molecule has 2 rings (SSSR count). The molecule has 1 fully saturated rings. The van der Waals surface area contributed by atoms with Crippen molar-refractivity contribution in [2.75, 3.05) is 26.2 Å². The van der Waals surface area contributed by atoms with Crippen molar-refractivity contribution in [1.82, 2.24) is 10.2 Å². The van der Waals surface area contributed by atoms with Gasteiger partial charge in [0, 0.05) is 32.2 Å². The molecule has 1 aromatic carbocycles. The second kappa shape index (κ2) is 6.78. The summed E-state index contributed by atoms with van der Waals surface area (Å²) in [6.45, 7) is 3.31. The Morgan fingerprint density at radius 3 is 2.38 bits per heavy atom. The van der Waals surface area contributed by atoms with Crippen LogP contribution in [0.25, 0.3) is 0 Å². The Labute approximate surface area is 121 Å². The Morgan fingerprint density at radius 2 is 1.86 bits per heavy atom. The van der Waals surface area contributed by atoms with Crippen LogP contribution in [0.2, 0.25) is 0 Å². The summed E-state index contributed by atoms with van der Waals surface area (Å²) >= 11 is 0. The summed E-state index contributed by atoms with van der Waals surface area (Å²) in [5.74, 6) is -0.248. The molecule has 7 heteroatoms. The lowest BCUT2D eigenvalue weighted by Crippen LogP contribution is -2.45. The second-order valence-electron chi connectivity index (χ2n) is 4.78. The highest BCUT2D eigenvalue weighted by atomic mass is 19.4. The maximum atomic E-state index is 12.1. The van der Waals surface area contributed by atoms with Crippen LogP contribution >= 0.6 is 0 Å². The van der Waals surface area contributed by atoms with Crippen LogP contribution < -0.4 is 10.1 Å². The first kappa shape index (κ1) is 15.6. The fraction of sp³-hybridized carbons (Fsp3) is 0.500. The number of benzene rings is 1. The molecule has 21 heavy (non-hydrogen) atoms. The summed E-state index contributed by atoms with van der Waals surface area (Å²) in [6, 6.07) is 7.79. The molecule has 1 aromatic rings. The lowest BCUT2D eigenvalue weighted by atomic mass is 10.0. The van der Waals surface area contributed by atoms with E-state index in [2.05, 4.69) is 21.0 Å². The van der Waals surface area contributed by atoms with Gasteiger partial charge in [-0.05, 0) is 17.7 Å². The van der Waals surface area contributed by atoms with Gasteiger partial charge in [-0.3, -0.25) is 4.90 Å². The van der Waals surface area contributed by atoms with Gasteiger partial charge in [-0.15, -0.1) is 13.2 Å². The summed E-state index contributed by atoms with van der Waals surface area (Å²) in [6.07, 6.45) is -4.38. The fourth-order valence-corrected chi connectivity index (χ4v) is 2.43. The molecule has 1 atom stereocenters. The molecule has 1 heterocycles. The normalized spacial score (nSPS) is 18.0. The Bertz CT molecular complexity index is 490. The van der Waals surface area contributed by atoms with Crippen molar-refractivity contribution in [3.05, 3.63) is 29.8 Å². The van der Waals surface area contributed by atoms with Crippen LogP contribution in [-0.2, 0) is 0 Å². The maximum Gasteiger partial charge on any atom is 0.573 e. The zero-order chi connectivity index (χ0) is 15.3. The summed E-state index contributed by atoms with van der Waals surface area (Å²) < 4.78 is 40.2. The van der Waals surface area contributed by atoms with E-state index in [1.807, 2.05) is 0 Å². The van der Waals surface area contributed by atoms with Gasteiger partial charge in [0.25, 0.3) is 0 Å². The molecule has 1 aliphatic heterocycles. The van der Waals surface area contributed by atoms with Gasteiger partial charge in [-0.1, -0.05) is 12.1 Å². The number of hydrogen-bond acceptors (Lipinski definition) is 4. The van der Waals surface area contributed by atoms with Crippen LogP contribution in [0.5, 0.6) is 5.75 Å². The average Bonchev–Trinajstić information content (AvgIpc) is 2.45. The van der Waals surface area contributed by atoms with Crippen LogP contribution in [0.15, 0.2) is 24.3 Å². The quantitative estimate of drug-likeness (QED) is 0.927. The third kappa shape index (κ3) is 4.62. The predicted molar refractivity (Wildman–Crippen MR) is 70.5 cm³/mol. The summed E-state index contributed by atoms with van der Waals surface area (Å²) in [7, 11) is 0. The van der Waals surface area contributed by atoms with Gasteiger partial charge in [0.05, 0.1) is 12.5 Å². The van der Waals surface area contributed by atoms with Gasteiger partial charge in [0.1, 0.15) is 5.75 Å². The van der Waals surface area contributed by atoms with Crippen molar-refractivity contribution in [2.24, 2.45) is 0 Å². The number of halogens is 3. The van der Waals surface area contributed by atoms with E-state index in [0.29, 0.717) is 6.42 Å². The SMILES string of the molecule is N#CC[C@@H](c1ccc(OC(F)(F)F)cc1)N1CCNCC1. The highest BCUT2D eigenvalue weighted by Crippen LogP contribution is 2.28. The number of nitrogens with zero attached hydrogens (tertiary/aromatic N) is 2. The van der Waals surface area contributed by atoms with Crippen LogP contribution in [0, 0.1) is 11.3 Å². The van der Waals surface area contributed by atoms with E-state index >= 15 is 0 Å². The van der Waals surface area contributed by atoms with Crippen molar-refractivity contribution >= 4 is 0 Å². The molecular weight excluding hydrogens is 283 g/mol. The first-order valence-electron chi connectivity index (χ1n) is 6.67. The fourth-order valence-electron chi connectivity index (χ4n) is 2.43. The highest BCUT2D eigenvalue weighted by Gasteiger charge is 2.31. The molecule has 1 N–H and O–H groups in total. The molecule has 0 aromatic heterocycles. The van der Waals surface area contributed by atoms with E-state index in [1.165, 1.54) is 12.1 Å². The van der Waals surface area contributed by atoms with Crippen LogP contribution in [-0.4, -0.2) is 37.4 Å². The van der Waals surface area contributed by atoms with E-state index in [9.17, 15) is 13.2 Å². The molecule has 114 valence electrons. The molecule has 0 unspecified atom stereocenters. The van der Waals surface area contributed by atoms with E-state index in [0.717, 1.165) is 31.7 Å². The predicted octanol–water partition coefficient (Wildman–Crippen LogP) is 2.45. The number of rotatable bonds is 4. The zero-order valence-electron chi connectivity index (χ0n) is 11.4. The van der Waals surface area contributed by atoms with E-state index in [1.54, 1.807) is 12.1 Å². The molecular formula is C14H16F3N3O. The topological polar surface area (TPSA) is 48.3 Å². The molecule has 1 saturated heterocycles. The molecule has 0 aliphatic carbocycles. The smallest absolute Gasteiger partial charge is 0.406 e. The monoisotopic (exact) mass is 299 g/mol. The van der Waals surface area contributed by atoms with Crippen molar-refractivity contribution in [3.63, 3.8) is 0 Å². The first-order valence-corrected chi connectivity index (χ1v) is 6.67. The van der Waals surface area contributed by atoms with E-state index in [-0.39, 0.29) is 11.8 Å². The van der Waals surface area contributed by atoms with E-state index in [4.69, 9.17) is 5.26 Å². The number of ether oxygens (including phenoxy) is 1. The first-order chi connectivity index (χ1) is 9.99. The number of hydrogen-bond donors (Lipinski definition) is 1. The number of nitriles is 1. The molecule has 0 amide bonds. The Kier molecular flexibility index (Phi) is 5.04. The number of nitrogens with one attached hydrogen (secondary N) is 1. The summed E-state index contributed by atoms with van der Waals surface area (Å²) in [5.41, 5.74) is 0.827. The minimum Gasteiger partial charge on any atom is -0.406 e. The van der Waals surface area contributed by atoms with E-state index < -0.39 is 6.36 Å². The average molecular weight is 299 g/mol. The zero-order valence-corrected chi connectivity index (χ0v) is 11.4. The van der Waals surface area contributed by atoms with Crippen molar-refractivity contribution in [1.29, 1.82) is 5.26 Å². The minimum atomic E-state index is -4.69. The van der Waals surface area contributed by atoms with Crippen LogP contribution in [0.4, 0.5) is 13.2 Å². The Hall–Kier alpha value is -1.78. The standard InChI is InChI=1S/C14H16F3N3O/c15-14(16,17)21-12-3-1-11(2-4-12)13(5-6-18)20-9-7-19-8-10-20/h1-4,13,19H,5,7-10H2/t13-/m0/s1. The largest absolute Gasteiger partial charge is 0.573 e. The lowest BCUT2D eigenvalue weighted by molar-refractivity contribution is -0.274. The van der Waals surface area contributed by atoms with Gasteiger partial charge < -0.3 is 10.1 Å². The van der Waals surface area contributed by atoms with Crippen LogP contribution in [0.3, 0.4) is 0 Å². The lowest BCUT2D eigenvalue weighted by Gasteiger charge is -2.34. The third-order valence-electron chi connectivity index (χ3n) is 3.38. The molecule has 0 saturated carbocycles. The summed E-state index contributed by atoms with van der Waals surface area (Å²) in [4.78, 5) is 2.17. The molecule has 1 aliphatic rings. The van der Waals surface area contributed by atoms with Crippen molar-refractivity contribution < 1.29 is 17.9 Å². The number of piperazine rings is 1. The van der Waals surface area contributed by atoms with Gasteiger partial charge in [0.15, 0.2) is 0 Å².